The van der Waals surface area contributed by atoms with Crippen molar-refractivity contribution in [3.63, 3.8) is 0 Å². The van der Waals surface area contributed by atoms with E-state index in [-0.39, 0.29) is 6.42 Å². The molecule has 0 radical (unpaired) electrons. The van der Waals surface area contributed by atoms with Crippen LogP contribution in [-0.2, 0) is 75.0 Å². The fourth-order valence-corrected chi connectivity index (χ4v) is 5.98. The number of carbonyl (C=O) groups is 8. The van der Waals surface area contributed by atoms with Crippen molar-refractivity contribution in [3.8, 4) is 0 Å². The third kappa shape index (κ3) is 13.9. The summed E-state index contributed by atoms with van der Waals surface area (Å²) >= 11 is 0. The molecule has 55 heavy (non-hydrogen) atoms. The molecule has 18 nitrogen and oxygen atoms in total. The molecule has 0 N–H and O–H groups in total. The lowest BCUT2D eigenvalue weighted by atomic mass is 9.97. The topological polar surface area (TPSA) is 199 Å². The summed E-state index contributed by atoms with van der Waals surface area (Å²) in [4.78, 5) is 109. The highest BCUT2D eigenvalue weighted by molar-refractivity contribution is 5.91. The molecule has 0 aliphatic carbocycles. The van der Waals surface area contributed by atoms with Crippen LogP contribution in [0.5, 0.6) is 0 Å². The highest BCUT2D eigenvalue weighted by Crippen LogP contribution is 2.20. The van der Waals surface area contributed by atoms with Gasteiger partial charge in [0.2, 0.25) is 0 Å². The van der Waals surface area contributed by atoms with Crippen molar-refractivity contribution in [2.45, 2.75) is 57.9 Å². The van der Waals surface area contributed by atoms with E-state index in [1.54, 1.807) is 7.11 Å². The van der Waals surface area contributed by atoms with Crippen molar-refractivity contribution in [3.05, 3.63) is 35.4 Å². The molecular formula is C37H53N5O13. The number of rotatable bonds is 6. The number of carbonyl (C=O) groups excluding carboxylic acids is 8. The van der Waals surface area contributed by atoms with Crippen molar-refractivity contribution >= 4 is 47.5 Å². The van der Waals surface area contributed by atoms with E-state index in [9.17, 15) is 38.4 Å². The molecular weight excluding hydrogens is 722 g/mol. The second-order valence-electron chi connectivity index (χ2n) is 13.9. The highest BCUT2D eigenvalue weighted by atomic mass is 16.6. The lowest BCUT2D eigenvalue weighted by Crippen LogP contribution is -2.49. The average Bonchev–Trinajstić information content (AvgIpc) is 3.14. The maximum Gasteiger partial charge on any atom is 0.329 e. The standard InChI is InChI=1S/C37H53N5O13/c1-24-35(48)39(4)19-33(46)53-23-31(44)41(6)29(16-26-8-10-27(11-9-26)17-42-14-12-28(13-15-42)21-51-7)37(50)55-25(2)36(49)40(5)18-32(45)52-22-30(43)38(3)20-34(47)54-24/h8-11,24-25,28-29H,12-23H2,1-7H3. The number of likely N-dealkylation sites (tertiary alicyclic amines) is 1. The smallest absolute Gasteiger partial charge is 0.329 e. The second-order valence-corrected chi connectivity index (χ2v) is 13.9. The fraction of sp³-hybridized carbons (Fsp3) is 0.622. The van der Waals surface area contributed by atoms with E-state index in [4.69, 9.17) is 23.7 Å². The normalized spacial score (nSPS) is 23.6. The summed E-state index contributed by atoms with van der Waals surface area (Å²) in [5.74, 6) is -6.31. The van der Waals surface area contributed by atoms with Gasteiger partial charge in [0.15, 0.2) is 25.4 Å². The zero-order valence-electron chi connectivity index (χ0n) is 32.6. The summed E-state index contributed by atoms with van der Waals surface area (Å²) in [5.41, 5.74) is 1.75. The number of ether oxygens (including phenoxy) is 5. The van der Waals surface area contributed by atoms with E-state index >= 15 is 0 Å². The molecule has 2 fully saturated rings. The van der Waals surface area contributed by atoms with Crippen LogP contribution < -0.4 is 0 Å². The van der Waals surface area contributed by atoms with Gasteiger partial charge in [0.25, 0.3) is 23.6 Å². The van der Waals surface area contributed by atoms with E-state index in [1.165, 1.54) is 42.0 Å². The Hall–Kier alpha value is -5.10. The number of nitrogens with zero attached hydrogens (tertiary/aromatic N) is 5. The maximum absolute atomic E-state index is 13.7. The molecule has 3 rings (SSSR count). The lowest BCUT2D eigenvalue weighted by Gasteiger charge is -2.31. The zero-order valence-corrected chi connectivity index (χ0v) is 32.6. The number of likely N-dealkylation sites (N-methyl/N-ethyl adjacent to an activating group) is 4. The Labute approximate surface area is 320 Å². The Morgan fingerprint density at radius 2 is 1.15 bits per heavy atom. The minimum atomic E-state index is -1.40. The molecule has 0 saturated carbocycles. The van der Waals surface area contributed by atoms with Gasteiger partial charge in [-0.05, 0) is 56.8 Å². The molecule has 0 spiro atoms. The molecule has 0 aromatic heterocycles. The third-order valence-electron chi connectivity index (χ3n) is 9.39. The van der Waals surface area contributed by atoms with Crippen molar-refractivity contribution in [2.24, 2.45) is 5.92 Å². The summed E-state index contributed by atoms with van der Waals surface area (Å²) in [6, 6.07) is 6.29. The number of methoxy groups -OCH3 is 1. The molecule has 2 saturated heterocycles. The van der Waals surface area contributed by atoms with Gasteiger partial charge in [-0.2, -0.15) is 0 Å². The molecule has 3 unspecified atom stereocenters. The Morgan fingerprint density at radius 1 is 0.655 bits per heavy atom. The largest absolute Gasteiger partial charge is 0.454 e. The van der Waals surface area contributed by atoms with Crippen LogP contribution in [0.2, 0.25) is 0 Å². The van der Waals surface area contributed by atoms with Crippen molar-refractivity contribution in [1.82, 2.24) is 24.5 Å². The molecule has 18 heteroatoms. The number of esters is 4. The van der Waals surface area contributed by atoms with Gasteiger partial charge in [-0.1, -0.05) is 24.3 Å². The fourth-order valence-electron chi connectivity index (χ4n) is 5.98. The molecule has 4 amide bonds. The number of hydrogen-bond donors (Lipinski definition) is 0. The van der Waals surface area contributed by atoms with E-state index in [0.29, 0.717) is 11.5 Å². The minimum absolute atomic E-state index is 0.0168. The van der Waals surface area contributed by atoms with Crippen LogP contribution in [-0.4, -0.2) is 178 Å². The Bertz CT molecular complexity index is 1550. The van der Waals surface area contributed by atoms with Crippen molar-refractivity contribution < 1.29 is 62.0 Å². The number of piperidine rings is 1. The van der Waals surface area contributed by atoms with Gasteiger partial charge in [-0.15, -0.1) is 0 Å². The molecule has 0 bridgehead atoms. The van der Waals surface area contributed by atoms with E-state index in [0.717, 1.165) is 64.2 Å². The van der Waals surface area contributed by atoms with Crippen LogP contribution in [0.3, 0.4) is 0 Å². The Balaban J connectivity index is 1.78. The number of benzene rings is 1. The summed E-state index contributed by atoms with van der Waals surface area (Å²) in [7, 11) is 6.82. The molecule has 2 aliphatic rings. The first-order valence-electron chi connectivity index (χ1n) is 18.0. The van der Waals surface area contributed by atoms with Crippen LogP contribution in [0.25, 0.3) is 0 Å². The van der Waals surface area contributed by atoms with Gasteiger partial charge < -0.3 is 43.3 Å². The van der Waals surface area contributed by atoms with E-state index in [1.807, 2.05) is 24.3 Å². The van der Waals surface area contributed by atoms with Crippen LogP contribution in [0.4, 0.5) is 0 Å². The summed E-state index contributed by atoms with van der Waals surface area (Å²) in [6.07, 6.45) is -0.659. The van der Waals surface area contributed by atoms with E-state index in [2.05, 4.69) is 4.90 Å². The Morgan fingerprint density at radius 3 is 1.69 bits per heavy atom. The van der Waals surface area contributed by atoms with Crippen molar-refractivity contribution in [2.75, 3.05) is 87.8 Å². The van der Waals surface area contributed by atoms with Gasteiger partial charge >= 0.3 is 23.9 Å². The van der Waals surface area contributed by atoms with Gasteiger partial charge in [-0.3, -0.25) is 38.5 Å². The van der Waals surface area contributed by atoms with Gasteiger partial charge in [0, 0.05) is 54.9 Å². The number of amides is 4. The van der Waals surface area contributed by atoms with E-state index < -0.39 is 98.6 Å². The first kappa shape index (κ1) is 44.3. The number of hydrogen-bond acceptors (Lipinski definition) is 14. The molecule has 1 aromatic rings. The first-order valence-corrected chi connectivity index (χ1v) is 18.0. The first-order chi connectivity index (χ1) is 26.0. The molecule has 304 valence electrons. The average molecular weight is 776 g/mol. The van der Waals surface area contributed by atoms with Crippen molar-refractivity contribution in [1.29, 1.82) is 0 Å². The van der Waals surface area contributed by atoms with Gasteiger partial charge in [0.05, 0.1) is 0 Å². The summed E-state index contributed by atoms with van der Waals surface area (Å²) in [6.45, 7) is 2.64. The molecule has 1 aromatic carbocycles. The second kappa shape index (κ2) is 21.1. The Kier molecular flexibility index (Phi) is 17.0. The minimum Gasteiger partial charge on any atom is -0.454 e. The molecule has 2 aliphatic heterocycles. The number of cyclic esters (lactones) is 4. The molecule has 3 atom stereocenters. The summed E-state index contributed by atoms with van der Waals surface area (Å²) in [5, 5.41) is 0. The predicted octanol–water partition coefficient (Wildman–Crippen LogP) is -0.747. The van der Waals surface area contributed by atoms with Gasteiger partial charge in [-0.25, -0.2) is 4.79 Å². The lowest BCUT2D eigenvalue weighted by molar-refractivity contribution is -0.167. The SMILES string of the molecule is COCC1CCN(Cc2ccc(CC3C(=O)OC(C)C(=O)N(C)CC(=O)OCC(=O)N(C)CC(=O)OC(C)C(=O)N(C)CC(=O)OCC(=O)N3C)cc2)CC1. The monoisotopic (exact) mass is 775 g/mol. The quantitative estimate of drug-likeness (QED) is 0.258. The van der Waals surface area contributed by atoms with Crippen LogP contribution in [0.15, 0.2) is 24.3 Å². The highest BCUT2D eigenvalue weighted by Gasteiger charge is 2.33. The summed E-state index contributed by atoms with van der Waals surface area (Å²) < 4.78 is 26.0. The molecule has 2 heterocycles. The third-order valence-corrected chi connectivity index (χ3v) is 9.39. The maximum atomic E-state index is 13.7. The van der Waals surface area contributed by atoms with Crippen LogP contribution >= 0.6 is 0 Å². The predicted molar refractivity (Wildman–Crippen MR) is 193 cm³/mol. The van der Waals surface area contributed by atoms with Crippen LogP contribution in [0, 0.1) is 5.92 Å². The van der Waals surface area contributed by atoms with Crippen LogP contribution in [0.1, 0.15) is 37.8 Å². The van der Waals surface area contributed by atoms with Gasteiger partial charge in [0.1, 0.15) is 25.7 Å². The zero-order chi connectivity index (χ0) is 40.8.